The number of carbonyl (C=O) groups is 1. The van der Waals surface area contributed by atoms with E-state index >= 15 is 0 Å². The Bertz CT molecular complexity index is 352. The van der Waals surface area contributed by atoms with E-state index in [0.717, 1.165) is 0 Å². The Morgan fingerprint density at radius 1 is 1.18 bits per heavy atom. The zero-order chi connectivity index (χ0) is 12.1. The van der Waals surface area contributed by atoms with Crippen LogP contribution >= 0.6 is 0 Å². The van der Waals surface area contributed by atoms with Crippen molar-refractivity contribution in [3.8, 4) is 0 Å². The maximum absolute atomic E-state index is 11.0. The molecule has 1 aliphatic carbocycles. The predicted octanol–water partition coefficient (Wildman–Crippen LogP) is 3.83. The molecule has 1 aliphatic rings. The summed E-state index contributed by atoms with van der Waals surface area (Å²) in [5, 5.41) is 9.08. The summed E-state index contributed by atoms with van der Waals surface area (Å²) in [5.74, 6) is 0.0840. The summed E-state index contributed by atoms with van der Waals surface area (Å²) in [6.45, 7) is 0. The summed E-state index contributed by atoms with van der Waals surface area (Å²) in [4.78, 5) is 11.0. The van der Waals surface area contributed by atoms with Crippen molar-refractivity contribution in [2.75, 3.05) is 0 Å². The number of carboxylic acids is 1. The highest BCUT2D eigenvalue weighted by molar-refractivity contribution is 5.68. The number of hydrogen-bond donors (Lipinski definition) is 1. The van der Waals surface area contributed by atoms with Gasteiger partial charge in [-0.3, -0.25) is 4.79 Å². The van der Waals surface area contributed by atoms with Gasteiger partial charge in [-0.05, 0) is 30.2 Å². The first-order chi connectivity index (χ1) is 8.27. The minimum absolute atomic E-state index is 0.203. The van der Waals surface area contributed by atoms with Crippen molar-refractivity contribution in [1.82, 2.24) is 0 Å². The molecule has 0 aliphatic heterocycles. The first-order valence-electron chi connectivity index (χ1n) is 6.54. The lowest BCUT2D eigenvalue weighted by atomic mass is 9.75. The average molecular weight is 232 g/mol. The fourth-order valence-corrected chi connectivity index (χ4v) is 2.98. The van der Waals surface area contributed by atoms with E-state index in [4.69, 9.17) is 5.11 Å². The minimum atomic E-state index is -0.676. The van der Waals surface area contributed by atoms with Gasteiger partial charge in [0.1, 0.15) is 0 Å². The van der Waals surface area contributed by atoms with Gasteiger partial charge in [0.15, 0.2) is 0 Å². The lowest BCUT2D eigenvalue weighted by molar-refractivity contribution is -0.137. The highest BCUT2D eigenvalue weighted by Gasteiger charge is 2.26. The number of aliphatic carboxylic acids is 1. The van der Waals surface area contributed by atoms with Crippen LogP contribution in [0.1, 0.15) is 50.0 Å². The molecule has 1 saturated carbocycles. The van der Waals surface area contributed by atoms with E-state index < -0.39 is 5.97 Å². The fourth-order valence-electron chi connectivity index (χ4n) is 2.98. The summed E-state index contributed by atoms with van der Waals surface area (Å²) in [5.41, 5.74) is 1.20. The van der Waals surface area contributed by atoms with Crippen molar-refractivity contribution >= 4 is 5.97 Å². The fraction of sp³-hybridized carbons (Fsp3) is 0.533. The first kappa shape index (κ1) is 12.2. The van der Waals surface area contributed by atoms with Gasteiger partial charge in [0.25, 0.3) is 0 Å². The standard InChI is InChI=1S/C15H20O2/c16-15(17)11-14(12-7-3-1-4-8-12)13-9-5-2-6-10-13/h1,3-4,7-8,13-14H,2,5-6,9-11H2,(H,16,17). The molecule has 1 aromatic carbocycles. The van der Waals surface area contributed by atoms with Crippen LogP contribution in [-0.4, -0.2) is 11.1 Å². The smallest absolute Gasteiger partial charge is 0.303 e. The van der Waals surface area contributed by atoms with Crippen LogP contribution < -0.4 is 0 Å². The molecule has 2 rings (SSSR count). The summed E-state index contributed by atoms with van der Waals surface area (Å²) in [6.07, 6.45) is 6.47. The van der Waals surface area contributed by atoms with Crippen LogP contribution in [0.25, 0.3) is 0 Å². The van der Waals surface area contributed by atoms with Gasteiger partial charge in [-0.25, -0.2) is 0 Å². The van der Waals surface area contributed by atoms with Crippen LogP contribution in [0.4, 0.5) is 0 Å². The highest BCUT2D eigenvalue weighted by Crippen LogP contribution is 2.37. The second-order valence-electron chi connectivity index (χ2n) is 5.01. The Morgan fingerprint density at radius 3 is 2.41 bits per heavy atom. The Morgan fingerprint density at radius 2 is 1.82 bits per heavy atom. The molecule has 0 bridgehead atoms. The summed E-state index contributed by atoms with van der Waals surface area (Å²) in [7, 11) is 0. The molecule has 1 unspecified atom stereocenters. The van der Waals surface area contributed by atoms with Crippen molar-refractivity contribution in [2.45, 2.75) is 44.4 Å². The van der Waals surface area contributed by atoms with Crippen molar-refractivity contribution in [2.24, 2.45) is 5.92 Å². The molecule has 2 heteroatoms. The lowest BCUT2D eigenvalue weighted by Gasteiger charge is -2.29. The Kier molecular flexibility index (Phi) is 4.18. The van der Waals surface area contributed by atoms with E-state index in [1.807, 2.05) is 18.2 Å². The lowest BCUT2D eigenvalue weighted by Crippen LogP contribution is -2.19. The van der Waals surface area contributed by atoms with Gasteiger partial charge in [0, 0.05) is 0 Å². The number of benzene rings is 1. The highest BCUT2D eigenvalue weighted by atomic mass is 16.4. The Balaban J connectivity index is 2.15. The number of carboxylic acid groups (broad SMARTS) is 1. The molecule has 1 fully saturated rings. The summed E-state index contributed by atoms with van der Waals surface area (Å²) in [6, 6.07) is 10.1. The van der Waals surface area contributed by atoms with E-state index in [2.05, 4.69) is 12.1 Å². The molecule has 0 aromatic heterocycles. The second-order valence-corrected chi connectivity index (χ2v) is 5.01. The van der Waals surface area contributed by atoms with Gasteiger partial charge in [-0.1, -0.05) is 49.6 Å². The van der Waals surface area contributed by atoms with E-state index in [-0.39, 0.29) is 12.3 Å². The van der Waals surface area contributed by atoms with Gasteiger partial charge in [0.05, 0.1) is 6.42 Å². The maximum atomic E-state index is 11.0. The molecule has 92 valence electrons. The first-order valence-corrected chi connectivity index (χ1v) is 6.54. The van der Waals surface area contributed by atoms with Crippen LogP contribution in [0, 0.1) is 5.92 Å². The molecule has 0 heterocycles. The predicted molar refractivity (Wildman–Crippen MR) is 68.0 cm³/mol. The Hall–Kier alpha value is -1.31. The van der Waals surface area contributed by atoms with Crippen LogP contribution in [0.3, 0.4) is 0 Å². The van der Waals surface area contributed by atoms with Crippen molar-refractivity contribution in [3.63, 3.8) is 0 Å². The molecule has 1 aromatic rings. The van der Waals surface area contributed by atoms with E-state index in [1.165, 1.54) is 37.7 Å². The maximum Gasteiger partial charge on any atom is 0.303 e. The molecule has 1 atom stereocenters. The summed E-state index contributed by atoms with van der Waals surface area (Å²) >= 11 is 0. The van der Waals surface area contributed by atoms with Crippen molar-refractivity contribution < 1.29 is 9.90 Å². The third-order valence-electron chi connectivity index (χ3n) is 3.84. The van der Waals surface area contributed by atoms with Gasteiger partial charge < -0.3 is 5.11 Å². The van der Waals surface area contributed by atoms with Gasteiger partial charge in [-0.2, -0.15) is 0 Å². The molecule has 0 saturated heterocycles. The van der Waals surface area contributed by atoms with Gasteiger partial charge in [0.2, 0.25) is 0 Å². The van der Waals surface area contributed by atoms with E-state index in [9.17, 15) is 4.79 Å². The molecule has 0 spiro atoms. The monoisotopic (exact) mass is 232 g/mol. The Labute approximate surface area is 103 Å². The van der Waals surface area contributed by atoms with Crippen LogP contribution in [0.15, 0.2) is 30.3 Å². The third-order valence-corrected chi connectivity index (χ3v) is 3.84. The van der Waals surface area contributed by atoms with Gasteiger partial charge >= 0.3 is 5.97 Å². The van der Waals surface area contributed by atoms with Crippen LogP contribution in [-0.2, 0) is 4.79 Å². The normalized spacial score (nSPS) is 18.8. The zero-order valence-electron chi connectivity index (χ0n) is 10.1. The number of hydrogen-bond acceptors (Lipinski definition) is 1. The van der Waals surface area contributed by atoms with Crippen LogP contribution in [0.5, 0.6) is 0 Å². The molecular formula is C15H20O2. The third kappa shape index (κ3) is 3.32. The quantitative estimate of drug-likeness (QED) is 0.856. The largest absolute Gasteiger partial charge is 0.481 e. The second kappa shape index (κ2) is 5.85. The zero-order valence-corrected chi connectivity index (χ0v) is 10.1. The molecule has 0 radical (unpaired) electrons. The molecular weight excluding hydrogens is 212 g/mol. The van der Waals surface area contributed by atoms with E-state index in [1.54, 1.807) is 0 Å². The average Bonchev–Trinajstić information content (AvgIpc) is 2.38. The molecule has 1 N–H and O–H groups in total. The minimum Gasteiger partial charge on any atom is -0.481 e. The topological polar surface area (TPSA) is 37.3 Å². The van der Waals surface area contributed by atoms with Crippen molar-refractivity contribution in [1.29, 1.82) is 0 Å². The SMILES string of the molecule is O=C(O)CC(c1ccccc1)C1CCCCC1. The van der Waals surface area contributed by atoms with Gasteiger partial charge in [-0.15, -0.1) is 0 Å². The number of rotatable bonds is 4. The van der Waals surface area contributed by atoms with Crippen LogP contribution in [0.2, 0.25) is 0 Å². The molecule has 2 nitrogen and oxygen atoms in total. The summed E-state index contributed by atoms with van der Waals surface area (Å²) < 4.78 is 0. The molecule has 0 amide bonds. The molecule has 17 heavy (non-hydrogen) atoms. The van der Waals surface area contributed by atoms with E-state index in [0.29, 0.717) is 5.92 Å². The van der Waals surface area contributed by atoms with Crippen molar-refractivity contribution in [3.05, 3.63) is 35.9 Å².